The molecular weight excluding hydrogens is 1220 g/mol. The van der Waals surface area contributed by atoms with Crippen LogP contribution in [0, 0.1) is 23.7 Å². The zero-order chi connectivity index (χ0) is 69.4. The van der Waals surface area contributed by atoms with Gasteiger partial charge in [0, 0.05) is 62.2 Å². The number of carboxylic acids is 2. The van der Waals surface area contributed by atoms with Crippen molar-refractivity contribution in [1.29, 1.82) is 0 Å². The number of nitrogens with two attached hydrogens (primary N) is 2. The van der Waals surface area contributed by atoms with Crippen LogP contribution in [0.15, 0.2) is 24.3 Å². The molecule has 1 aromatic rings. The van der Waals surface area contributed by atoms with Crippen molar-refractivity contribution in [2.24, 2.45) is 35.1 Å². The minimum Gasteiger partial charge on any atom is -0.481 e. The average Bonchev–Trinajstić information content (AvgIpc) is 0.944. The Morgan fingerprint density at radius 1 is 0.707 bits per heavy atom. The number of ether oxygens (including phenoxy) is 3. The van der Waals surface area contributed by atoms with Crippen molar-refractivity contribution in [2.45, 2.75) is 147 Å². The van der Waals surface area contributed by atoms with Crippen LogP contribution in [0.2, 0.25) is 0 Å². The number of rotatable bonds is 27. The third-order valence-corrected chi connectivity index (χ3v) is 14.2. The lowest BCUT2D eigenvalue weighted by molar-refractivity contribution is -0.156. The Labute approximate surface area is 526 Å². The molecule has 1 aliphatic heterocycles. The number of carbonyl (C=O) groups excluding carboxylic acids is 16. The largest absolute Gasteiger partial charge is 0.481 e. The predicted octanol–water partition coefficient (Wildman–Crippen LogP) is -5.16. The van der Waals surface area contributed by atoms with Crippen molar-refractivity contribution in [3.63, 3.8) is 0 Å². The van der Waals surface area contributed by atoms with E-state index in [1.807, 2.05) is 0 Å². The zero-order valence-corrected chi connectivity index (χ0v) is 51.3. The molecule has 1 aromatic carbocycles. The Morgan fingerprint density at radius 2 is 1.29 bits per heavy atom. The van der Waals surface area contributed by atoms with E-state index in [0.29, 0.717) is 6.42 Å². The van der Waals surface area contributed by atoms with Crippen LogP contribution in [0.5, 0.6) is 0 Å². The summed E-state index contributed by atoms with van der Waals surface area (Å²) in [5, 5.41) is 50.7. The summed E-state index contributed by atoms with van der Waals surface area (Å²) in [6, 6.07) is -6.84. The van der Waals surface area contributed by atoms with Crippen LogP contribution in [0.1, 0.15) is 109 Å². The summed E-state index contributed by atoms with van der Waals surface area (Å²) in [7, 11) is 0. The van der Waals surface area contributed by atoms with E-state index in [9.17, 15) is 102 Å². The molecule has 0 bridgehead atoms. The summed E-state index contributed by atoms with van der Waals surface area (Å²) in [6.07, 6.45) is -7.82. The van der Waals surface area contributed by atoms with Gasteiger partial charge in [-0.3, -0.25) is 81.5 Å². The minimum atomic E-state index is -2.22. The van der Waals surface area contributed by atoms with Gasteiger partial charge in [0.15, 0.2) is 23.1 Å². The van der Waals surface area contributed by atoms with Gasteiger partial charge in [-0.1, -0.05) is 38.8 Å². The van der Waals surface area contributed by atoms with E-state index < -0.39 is 244 Å². The van der Waals surface area contributed by atoms with Gasteiger partial charge in [-0.25, -0.2) is 4.79 Å². The SMILES string of the molecule is CCCC[C@@H]1NC(=O)CNC(=O)[C@@H](NC(=O)[C@H](CC(=O)O)CC(=O)[C@H](N)CC(N)=O)[C@@H](C)OC(=O)[C@H](CC(=O)c2ccccc2NCC)NC(=O)C([C@H](C)CC(=O)O)CC(=O)[C@@H](CO)NC(=O)CNC(=O)[C@H](COC=O)NC(=O)[C@@H](C)NC(=O)[C@H](COC=O)CC1=O. The summed E-state index contributed by atoms with van der Waals surface area (Å²) in [6.45, 7) is 1.99. The minimum absolute atomic E-state index is 0.0470. The van der Waals surface area contributed by atoms with Gasteiger partial charge in [0.1, 0.15) is 49.5 Å². The summed E-state index contributed by atoms with van der Waals surface area (Å²) in [5.41, 5.74) is 11.1. The molecule has 0 saturated carbocycles. The van der Waals surface area contributed by atoms with E-state index in [-0.39, 0.29) is 43.6 Å². The highest BCUT2D eigenvalue weighted by Crippen LogP contribution is 2.24. The Bertz CT molecular complexity index is 2870. The van der Waals surface area contributed by atoms with E-state index in [2.05, 4.69) is 52.6 Å². The molecule has 508 valence electrons. The maximum atomic E-state index is 14.6. The number of carboxylic acid groups (broad SMARTS) is 2. The summed E-state index contributed by atoms with van der Waals surface area (Å²) in [4.78, 5) is 239. The van der Waals surface area contributed by atoms with Crippen LogP contribution >= 0.6 is 0 Å². The van der Waals surface area contributed by atoms with Gasteiger partial charge in [0.2, 0.25) is 53.2 Å². The number of aliphatic hydroxyl groups excluding tert-OH is 1. The molecule has 92 heavy (non-hydrogen) atoms. The van der Waals surface area contributed by atoms with E-state index in [0.717, 1.165) is 13.8 Å². The second-order valence-corrected chi connectivity index (χ2v) is 21.5. The number of primary amides is 1. The number of carbonyl (C=O) groups is 18. The first-order valence-electron chi connectivity index (χ1n) is 29.1. The second kappa shape index (κ2) is 40.0. The Balaban J connectivity index is 2.96. The van der Waals surface area contributed by atoms with Gasteiger partial charge >= 0.3 is 17.9 Å². The quantitative estimate of drug-likeness (QED) is 0.0169. The fourth-order valence-electron chi connectivity index (χ4n) is 9.15. The van der Waals surface area contributed by atoms with Crippen LogP contribution in [-0.4, -0.2) is 210 Å². The number of hydrogen-bond acceptors (Lipinski definition) is 24. The number of benzene rings is 1. The highest BCUT2D eigenvalue weighted by molar-refractivity contribution is 6.05. The van der Waals surface area contributed by atoms with Crippen molar-refractivity contribution < 1.29 is 116 Å². The number of amides is 9. The summed E-state index contributed by atoms with van der Waals surface area (Å²) in [5.74, 6) is -26.0. The van der Waals surface area contributed by atoms with Gasteiger partial charge in [0.25, 0.3) is 12.9 Å². The molecule has 1 fully saturated rings. The number of nitrogens with one attached hydrogen (secondary N) is 9. The number of unbranched alkanes of at least 4 members (excludes halogenated alkanes) is 1. The Kier molecular flexibility index (Phi) is 34.1. The van der Waals surface area contributed by atoms with Crippen molar-refractivity contribution in [3.05, 3.63) is 29.8 Å². The summed E-state index contributed by atoms with van der Waals surface area (Å²) >= 11 is 0. The molecule has 0 aliphatic carbocycles. The Morgan fingerprint density at radius 3 is 1.88 bits per heavy atom. The molecule has 35 heteroatoms. The fraction of sp³-hybridized carbons (Fsp3) is 0.579. The number of aliphatic carboxylic acids is 2. The topological polar surface area (TPSA) is 556 Å². The van der Waals surface area contributed by atoms with Crippen LogP contribution in [-0.2, 0) is 95.7 Å². The predicted molar refractivity (Wildman–Crippen MR) is 314 cm³/mol. The number of aliphatic hydroxyl groups is 1. The highest BCUT2D eigenvalue weighted by Gasteiger charge is 2.40. The van der Waals surface area contributed by atoms with Gasteiger partial charge in [0.05, 0.1) is 50.0 Å². The first-order valence-corrected chi connectivity index (χ1v) is 29.1. The number of Topliss-reactive ketones (excluding diaryl/α,β-unsaturated/α-hetero) is 4. The summed E-state index contributed by atoms with van der Waals surface area (Å²) < 4.78 is 15.1. The molecule has 16 N–H and O–H groups in total. The molecule has 9 amide bonds. The molecule has 0 aromatic heterocycles. The molecule has 0 radical (unpaired) electrons. The smallest absolute Gasteiger partial charge is 0.329 e. The number of esters is 1. The lowest BCUT2D eigenvalue weighted by atomic mass is 9.84. The van der Waals surface area contributed by atoms with Crippen LogP contribution in [0.4, 0.5) is 5.69 Å². The highest BCUT2D eigenvalue weighted by atomic mass is 16.5. The monoisotopic (exact) mass is 1300 g/mol. The van der Waals surface area contributed by atoms with Crippen molar-refractivity contribution in [2.75, 3.05) is 44.8 Å². The Hall–Kier alpha value is -9.80. The van der Waals surface area contributed by atoms with Crippen LogP contribution in [0.25, 0.3) is 0 Å². The number of cyclic esters (lactones) is 1. The van der Waals surface area contributed by atoms with E-state index in [1.165, 1.54) is 25.1 Å². The zero-order valence-electron chi connectivity index (χ0n) is 51.3. The molecule has 0 spiro atoms. The molecule has 1 heterocycles. The first kappa shape index (κ1) is 78.3. The van der Waals surface area contributed by atoms with Gasteiger partial charge in [-0.05, 0) is 45.2 Å². The van der Waals surface area contributed by atoms with Crippen molar-refractivity contribution >= 4 is 113 Å². The van der Waals surface area contributed by atoms with E-state index >= 15 is 0 Å². The number of hydrogen-bond donors (Lipinski definition) is 14. The van der Waals surface area contributed by atoms with Crippen molar-refractivity contribution in [3.8, 4) is 0 Å². The van der Waals surface area contributed by atoms with E-state index in [4.69, 9.17) is 20.9 Å². The van der Waals surface area contributed by atoms with Gasteiger partial charge < -0.3 is 88.8 Å². The van der Waals surface area contributed by atoms with Gasteiger partial charge in [-0.15, -0.1) is 0 Å². The number of ketones is 4. The van der Waals surface area contributed by atoms with E-state index in [1.54, 1.807) is 19.9 Å². The maximum absolute atomic E-state index is 14.6. The first-order chi connectivity index (χ1) is 43.4. The standard InChI is InChI=1S/C57H81N11O24/c1-6-8-12-37-43(74)16-32(24-90-26-70)53(85)63-29(4)51(83)67-40(25-91-27-71)55(87)61-21-47(78)65-39(23-69)44(75)18-34(28(3)14-48(79)80)54(86)66-38(20-41(72)33-11-9-10-13-36(33)60-7-2)57(89)92-30(5)50(56(88)62-22-46(77)64-37)68-52(84)31(17-49(81)82)15-42(73)35(58)19-45(59)76/h9-11,13,26-32,34-35,37-40,50,60,69H,6-8,12,14-25,58H2,1-5H3,(H2,59,76)(H,61,87)(H,62,88)(H,63,85)(H,64,77)(H,65,78)(H,66,86)(H,67,83)(H,68,84)(H,79,80)(H,81,82)/t28-,29-,30-,31+,32+,34?,35-,37+,38+,39-,40+,50+/m1/s1. The molecule has 12 atom stereocenters. The van der Waals surface area contributed by atoms with Crippen LogP contribution < -0.4 is 59.3 Å². The second-order valence-electron chi connectivity index (χ2n) is 21.5. The molecule has 35 nitrogen and oxygen atoms in total. The maximum Gasteiger partial charge on any atom is 0.329 e. The molecule has 1 unspecified atom stereocenters. The fourth-order valence-corrected chi connectivity index (χ4v) is 9.15. The lowest BCUT2D eigenvalue weighted by Gasteiger charge is -2.29. The van der Waals surface area contributed by atoms with Crippen molar-refractivity contribution in [1.82, 2.24) is 42.5 Å². The molecular formula is C57H81N11O24. The van der Waals surface area contributed by atoms with Crippen LogP contribution in [0.3, 0.4) is 0 Å². The number of anilines is 1. The molecule has 1 saturated heterocycles. The van der Waals surface area contributed by atoms with Gasteiger partial charge in [-0.2, -0.15) is 0 Å². The molecule has 1 aliphatic rings. The third-order valence-electron chi connectivity index (χ3n) is 14.2. The number of para-hydroxylation sites is 1. The lowest BCUT2D eigenvalue weighted by Crippen LogP contribution is -2.57. The average molecular weight is 1300 g/mol. The third kappa shape index (κ3) is 27.1. The molecule has 2 rings (SSSR count). The normalized spacial score (nSPS) is 23.4.